The summed E-state index contributed by atoms with van der Waals surface area (Å²) in [7, 11) is 0. The summed E-state index contributed by atoms with van der Waals surface area (Å²) in [6.07, 6.45) is 3.64. The van der Waals surface area contributed by atoms with Crippen LogP contribution in [0.3, 0.4) is 0 Å². The molecule has 0 saturated carbocycles. The van der Waals surface area contributed by atoms with Crippen molar-refractivity contribution in [1.82, 2.24) is 9.80 Å². The molecule has 132 valence electrons. The van der Waals surface area contributed by atoms with Gasteiger partial charge in [-0.1, -0.05) is 0 Å². The minimum atomic E-state index is -0.974. The van der Waals surface area contributed by atoms with Crippen molar-refractivity contribution in [2.75, 3.05) is 39.3 Å². The lowest BCUT2D eigenvalue weighted by molar-refractivity contribution is -0.133. The first-order valence-electron chi connectivity index (χ1n) is 8.65. The summed E-state index contributed by atoms with van der Waals surface area (Å²) in [5, 5.41) is 10.8. The summed E-state index contributed by atoms with van der Waals surface area (Å²) in [6.45, 7) is 3.45. The van der Waals surface area contributed by atoms with Gasteiger partial charge in [0.25, 0.3) is 0 Å². The molecule has 0 radical (unpaired) electrons. The van der Waals surface area contributed by atoms with Crippen LogP contribution >= 0.6 is 0 Å². The second kappa shape index (κ2) is 7.49. The predicted molar refractivity (Wildman–Crippen MR) is 88.3 cm³/mol. The van der Waals surface area contributed by atoms with E-state index in [1.807, 2.05) is 9.80 Å². The summed E-state index contributed by atoms with van der Waals surface area (Å²) in [5.74, 6) is 0.372. The second-order valence-electron chi connectivity index (χ2n) is 6.87. The highest BCUT2D eigenvalue weighted by Crippen LogP contribution is 2.23. The number of carbonyl (C=O) groups excluding carboxylic acids is 1. The molecule has 1 N–H and O–H groups in total. The lowest BCUT2D eigenvalue weighted by Gasteiger charge is -2.39. The van der Waals surface area contributed by atoms with Crippen molar-refractivity contribution >= 4 is 5.91 Å². The number of piperidine rings is 1. The average molecular weight is 336 g/mol. The molecular formula is C18H25FN2O3. The third kappa shape index (κ3) is 4.45. The van der Waals surface area contributed by atoms with Crippen LogP contribution in [0.1, 0.15) is 25.7 Å². The van der Waals surface area contributed by atoms with Crippen molar-refractivity contribution in [3.05, 3.63) is 30.1 Å². The van der Waals surface area contributed by atoms with E-state index in [1.54, 1.807) is 12.1 Å². The van der Waals surface area contributed by atoms with Gasteiger partial charge in [0.05, 0.1) is 6.54 Å². The Hall–Kier alpha value is -1.66. The van der Waals surface area contributed by atoms with E-state index in [-0.39, 0.29) is 18.3 Å². The largest absolute Gasteiger partial charge is 0.491 e. The maximum atomic E-state index is 12.9. The molecular weight excluding hydrogens is 311 g/mol. The Labute approximate surface area is 142 Å². The number of ether oxygens (including phenoxy) is 1. The number of nitrogens with zero attached hydrogens (tertiary/aromatic N) is 2. The molecule has 0 unspecified atom stereocenters. The number of hydrogen-bond acceptors (Lipinski definition) is 4. The molecule has 1 atom stereocenters. The second-order valence-corrected chi connectivity index (χ2v) is 6.87. The normalized spacial score (nSPS) is 25.0. The van der Waals surface area contributed by atoms with Crippen LogP contribution < -0.4 is 4.74 Å². The lowest BCUT2D eigenvalue weighted by Crippen LogP contribution is -2.53. The first-order chi connectivity index (χ1) is 11.5. The molecule has 0 bridgehead atoms. The van der Waals surface area contributed by atoms with Gasteiger partial charge in [0, 0.05) is 19.6 Å². The van der Waals surface area contributed by atoms with E-state index in [2.05, 4.69) is 0 Å². The third-order valence-corrected chi connectivity index (χ3v) is 4.77. The zero-order valence-corrected chi connectivity index (χ0v) is 13.9. The van der Waals surface area contributed by atoms with E-state index in [0.717, 1.165) is 38.9 Å². The zero-order chi connectivity index (χ0) is 17.0. The van der Waals surface area contributed by atoms with Crippen LogP contribution in [0, 0.1) is 5.82 Å². The average Bonchev–Trinajstić information content (AvgIpc) is 3.09. The Morgan fingerprint density at radius 2 is 1.88 bits per heavy atom. The maximum absolute atomic E-state index is 12.9. The zero-order valence-electron chi connectivity index (χ0n) is 13.9. The number of aliphatic hydroxyl groups is 1. The van der Waals surface area contributed by atoms with Crippen LogP contribution in [0.4, 0.5) is 4.39 Å². The van der Waals surface area contributed by atoms with Crippen LogP contribution in [0.5, 0.6) is 5.75 Å². The van der Waals surface area contributed by atoms with Gasteiger partial charge in [-0.2, -0.15) is 0 Å². The fourth-order valence-corrected chi connectivity index (χ4v) is 3.47. The van der Waals surface area contributed by atoms with Crippen molar-refractivity contribution in [3.8, 4) is 5.75 Å². The molecule has 24 heavy (non-hydrogen) atoms. The molecule has 1 amide bonds. The Bertz CT molecular complexity index is 560. The number of β-amino-alcohol motifs (C(OH)–C–C–N with tert-alkyl or cyclic N) is 1. The number of amides is 1. The van der Waals surface area contributed by atoms with Crippen molar-refractivity contribution in [3.63, 3.8) is 0 Å². The van der Waals surface area contributed by atoms with Gasteiger partial charge in [-0.05, 0) is 56.5 Å². The molecule has 1 aromatic carbocycles. The summed E-state index contributed by atoms with van der Waals surface area (Å²) in [5.41, 5.74) is -0.974. The standard InChI is InChI=1S/C18H25FN2O3/c19-15-4-6-16(7-5-15)24-14-18(23)8-3-9-20(13-18)12-17(22)21-10-1-2-11-21/h4-7,23H,1-3,8-14H2/t18-/m1/s1. The van der Waals surface area contributed by atoms with Gasteiger partial charge in [-0.25, -0.2) is 4.39 Å². The molecule has 2 fully saturated rings. The first kappa shape index (κ1) is 17.2. The number of carbonyl (C=O) groups is 1. The number of halogens is 1. The van der Waals surface area contributed by atoms with Crippen LogP contribution in [-0.2, 0) is 4.79 Å². The van der Waals surface area contributed by atoms with Crippen molar-refractivity contribution in [2.45, 2.75) is 31.3 Å². The van der Waals surface area contributed by atoms with E-state index >= 15 is 0 Å². The Kier molecular flexibility index (Phi) is 5.36. The van der Waals surface area contributed by atoms with E-state index < -0.39 is 5.60 Å². The lowest BCUT2D eigenvalue weighted by atomic mass is 9.93. The Morgan fingerprint density at radius 1 is 1.17 bits per heavy atom. The van der Waals surface area contributed by atoms with E-state index in [4.69, 9.17) is 4.74 Å². The SMILES string of the molecule is O=C(CN1CCC[C@](O)(COc2ccc(F)cc2)C1)N1CCCC1. The van der Waals surface area contributed by atoms with Gasteiger partial charge in [0.2, 0.25) is 5.91 Å². The van der Waals surface area contributed by atoms with Crippen molar-refractivity contribution < 1.29 is 19.0 Å². The van der Waals surface area contributed by atoms with Crippen LogP contribution in [0.25, 0.3) is 0 Å². The molecule has 5 nitrogen and oxygen atoms in total. The van der Waals surface area contributed by atoms with Crippen molar-refractivity contribution in [1.29, 1.82) is 0 Å². The van der Waals surface area contributed by atoms with Gasteiger partial charge in [-0.3, -0.25) is 9.69 Å². The van der Waals surface area contributed by atoms with Gasteiger partial charge in [-0.15, -0.1) is 0 Å². The van der Waals surface area contributed by atoms with Gasteiger partial charge < -0.3 is 14.7 Å². The Morgan fingerprint density at radius 3 is 2.58 bits per heavy atom. The van der Waals surface area contributed by atoms with Gasteiger partial charge >= 0.3 is 0 Å². The van der Waals surface area contributed by atoms with Crippen LogP contribution in [-0.4, -0.2) is 65.7 Å². The van der Waals surface area contributed by atoms with Crippen molar-refractivity contribution in [2.24, 2.45) is 0 Å². The number of likely N-dealkylation sites (tertiary alicyclic amines) is 2. The van der Waals surface area contributed by atoms with E-state index in [9.17, 15) is 14.3 Å². The summed E-state index contributed by atoms with van der Waals surface area (Å²) < 4.78 is 18.5. The summed E-state index contributed by atoms with van der Waals surface area (Å²) in [4.78, 5) is 16.2. The monoisotopic (exact) mass is 336 g/mol. The molecule has 2 saturated heterocycles. The molecule has 1 aromatic rings. The molecule has 0 aliphatic carbocycles. The molecule has 6 heteroatoms. The molecule has 2 heterocycles. The predicted octanol–water partition coefficient (Wildman–Crippen LogP) is 1.65. The molecule has 0 aromatic heterocycles. The number of hydrogen-bond donors (Lipinski definition) is 1. The molecule has 0 spiro atoms. The minimum absolute atomic E-state index is 0.146. The van der Waals surface area contributed by atoms with E-state index in [1.165, 1.54) is 12.1 Å². The Balaban J connectivity index is 1.51. The quantitative estimate of drug-likeness (QED) is 0.888. The maximum Gasteiger partial charge on any atom is 0.236 e. The highest BCUT2D eigenvalue weighted by atomic mass is 19.1. The fraction of sp³-hybridized carbons (Fsp3) is 0.611. The minimum Gasteiger partial charge on any atom is -0.491 e. The van der Waals surface area contributed by atoms with Gasteiger partial charge in [0.15, 0.2) is 0 Å². The summed E-state index contributed by atoms with van der Waals surface area (Å²) >= 11 is 0. The highest BCUT2D eigenvalue weighted by Gasteiger charge is 2.35. The molecule has 2 aliphatic heterocycles. The number of benzene rings is 1. The molecule has 2 aliphatic rings. The van der Waals surface area contributed by atoms with Crippen LogP contribution in [0.2, 0.25) is 0 Å². The highest BCUT2D eigenvalue weighted by molar-refractivity contribution is 5.78. The topological polar surface area (TPSA) is 53.0 Å². The van der Waals surface area contributed by atoms with Crippen LogP contribution in [0.15, 0.2) is 24.3 Å². The van der Waals surface area contributed by atoms with Gasteiger partial charge in [0.1, 0.15) is 23.8 Å². The fourth-order valence-electron chi connectivity index (χ4n) is 3.47. The first-order valence-corrected chi connectivity index (χ1v) is 8.65. The van der Waals surface area contributed by atoms with E-state index in [0.29, 0.717) is 25.3 Å². The summed E-state index contributed by atoms with van der Waals surface area (Å²) in [6, 6.07) is 5.77. The third-order valence-electron chi connectivity index (χ3n) is 4.77. The smallest absolute Gasteiger partial charge is 0.236 e. The number of rotatable bonds is 5. The molecule has 3 rings (SSSR count).